The quantitative estimate of drug-likeness (QED) is 0.308. The van der Waals surface area contributed by atoms with Gasteiger partial charge in [0.15, 0.2) is 5.04 Å². The van der Waals surface area contributed by atoms with E-state index in [1.54, 1.807) is 0 Å². The number of guanidine groups is 1. The fourth-order valence-electron chi connectivity index (χ4n) is 0.810. The largest absolute Gasteiger partial charge is 0.369 e. The first-order valence-electron chi connectivity index (χ1n) is 3.13. The number of hydrogen-bond donors (Lipinski definition) is 3. The highest BCUT2D eigenvalue weighted by molar-refractivity contribution is 8.04. The van der Waals surface area contributed by atoms with Crippen molar-refractivity contribution in [3.05, 3.63) is 0 Å². The molecule has 12 heavy (non-hydrogen) atoms. The Morgan fingerprint density at radius 1 is 1.67 bits per heavy atom. The molecular weight excluding hydrogens is 182 g/mol. The van der Waals surface area contributed by atoms with E-state index in [-0.39, 0.29) is 17.4 Å². The average Bonchev–Trinajstić information content (AvgIpc) is 2.30. The molecule has 0 aromatic heterocycles. The van der Waals surface area contributed by atoms with E-state index in [4.69, 9.17) is 16.3 Å². The minimum Gasteiger partial charge on any atom is -0.369 e. The number of nitrogens with two attached hydrogens (primary N) is 2. The zero-order chi connectivity index (χ0) is 9.35. The zero-order valence-electron chi connectivity index (χ0n) is 6.19. The van der Waals surface area contributed by atoms with Gasteiger partial charge in [-0.15, -0.1) is 0 Å². The molecule has 0 radical (unpaired) electrons. The van der Waals surface area contributed by atoms with Gasteiger partial charge in [-0.05, 0) is 0 Å². The number of rotatable bonds is 0. The molecule has 8 heteroatoms. The first kappa shape index (κ1) is 8.94. The van der Waals surface area contributed by atoms with E-state index in [0.717, 1.165) is 5.01 Å². The van der Waals surface area contributed by atoms with Crippen LogP contribution in [0.4, 0.5) is 0 Å². The summed E-state index contributed by atoms with van der Waals surface area (Å²) >= 11 is 0. The van der Waals surface area contributed by atoms with Gasteiger partial charge in [0.05, 0.1) is 6.54 Å². The monoisotopic (exact) mass is 191 g/mol. The third-order valence-electron chi connectivity index (χ3n) is 1.38. The van der Waals surface area contributed by atoms with Crippen molar-refractivity contribution in [1.29, 1.82) is 5.41 Å². The van der Waals surface area contributed by atoms with E-state index in [0.29, 0.717) is 6.54 Å². The predicted octanol–water partition coefficient (Wildman–Crippen LogP) is -1.81. The van der Waals surface area contributed by atoms with Crippen LogP contribution in [0.5, 0.6) is 0 Å². The lowest BCUT2D eigenvalue weighted by atomic mass is 10.5. The fourth-order valence-corrected chi connectivity index (χ4v) is 1.40. The number of sulfonamides is 1. The Bertz CT molecular complexity index is 331. The van der Waals surface area contributed by atoms with Gasteiger partial charge < -0.3 is 5.73 Å². The zero-order valence-corrected chi connectivity index (χ0v) is 7.00. The van der Waals surface area contributed by atoms with Crippen LogP contribution in [-0.2, 0) is 10.0 Å². The Morgan fingerprint density at radius 3 is 2.50 bits per heavy atom. The Morgan fingerprint density at radius 2 is 2.25 bits per heavy atom. The third-order valence-corrected chi connectivity index (χ3v) is 2.32. The molecule has 7 nitrogen and oxygen atoms in total. The highest BCUT2D eigenvalue weighted by Gasteiger charge is 2.23. The first-order chi connectivity index (χ1) is 5.41. The molecule has 1 rings (SSSR count). The molecule has 68 valence electrons. The maximum Gasteiger partial charge on any atom is 0.253 e. The van der Waals surface area contributed by atoms with E-state index in [1.165, 1.54) is 0 Å². The van der Waals surface area contributed by atoms with Gasteiger partial charge in [0.25, 0.3) is 10.0 Å². The van der Waals surface area contributed by atoms with Crippen LogP contribution in [0, 0.1) is 5.41 Å². The smallest absolute Gasteiger partial charge is 0.253 e. The number of nitrogens with one attached hydrogen (secondary N) is 1. The third kappa shape index (κ3) is 1.71. The molecular formula is C4H9N5O2S. The molecule has 0 amide bonds. The molecule has 0 atom stereocenters. The average molecular weight is 191 g/mol. The summed E-state index contributed by atoms with van der Waals surface area (Å²) in [5, 5.41) is 16.3. The lowest BCUT2D eigenvalue weighted by Crippen LogP contribution is -2.30. The molecule has 0 bridgehead atoms. The van der Waals surface area contributed by atoms with Crippen LogP contribution in [-0.4, -0.2) is 31.0 Å². The molecule has 5 N–H and O–H groups in total. The molecule has 1 heterocycles. The molecule has 0 fully saturated rings. The van der Waals surface area contributed by atoms with Crippen molar-refractivity contribution in [2.75, 3.05) is 6.54 Å². The van der Waals surface area contributed by atoms with E-state index in [1.807, 2.05) is 0 Å². The second-order valence-electron chi connectivity index (χ2n) is 2.30. The Balaban J connectivity index is 2.87. The van der Waals surface area contributed by atoms with Crippen molar-refractivity contribution in [3.8, 4) is 0 Å². The molecule has 0 aromatic rings. The van der Waals surface area contributed by atoms with Gasteiger partial charge in [0.1, 0.15) is 0 Å². The molecule has 0 saturated heterocycles. The number of primary sulfonamides is 1. The number of hydrogen-bond acceptors (Lipinski definition) is 4. The minimum absolute atomic E-state index is 0.127. The second-order valence-corrected chi connectivity index (χ2v) is 3.86. The SMILES string of the molecule is N=C(N)N1CCC(S(N)(=O)=O)=N1. The van der Waals surface area contributed by atoms with E-state index in [9.17, 15) is 8.42 Å². The molecule has 0 spiro atoms. The normalized spacial score (nSPS) is 17.8. The van der Waals surface area contributed by atoms with Crippen LogP contribution in [0.1, 0.15) is 6.42 Å². The van der Waals surface area contributed by atoms with Crippen LogP contribution >= 0.6 is 0 Å². The highest BCUT2D eigenvalue weighted by atomic mass is 32.2. The summed E-state index contributed by atoms with van der Waals surface area (Å²) in [6.07, 6.45) is 0.207. The summed E-state index contributed by atoms with van der Waals surface area (Å²) in [5.41, 5.74) is 5.07. The summed E-state index contributed by atoms with van der Waals surface area (Å²) in [4.78, 5) is 0. The van der Waals surface area contributed by atoms with Crippen molar-refractivity contribution in [1.82, 2.24) is 5.01 Å². The lowest BCUT2D eigenvalue weighted by molar-refractivity contribution is 0.482. The fraction of sp³-hybridized carbons (Fsp3) is 0.500. The van der Waals surface area contributed by atoms with Gasteiger partial charge in [0.2, 0.25) is 5.96 Å². The van der Waals surface area contributed by atoms with Crippen molar-refractivity contribution in [2.45, 2.75) is 6.42 Å². The van der Waals surface area contributed by atoms with E-state index in [2.05, 4.69) is 5.10 Å². The summed E-state index contributed by atoms with van der Waals surface area (Å²) < 4.78 is 21.4. The summed E-state index contributed by atoms with van der Waals surface area (Å²) in [7, 11) is -3.71. The topological polar surface area (TPSA) is 126 Å². The van der Waals surface area contributed by atoms with Crippen molar-refractivity contribution in [2.24, 2.45) is 16.0 Å². The lowest BCUT2D eigenvalue weighted by Gasteiger charge is -2.07. The van der Waals surface area contributed by atoms with Crippen LogP contribution in [0.15, 0.2) is 5.10 Å². The molecule has 0 saturated carbocycles. The summed E-state index contributed by atoms with van der Waals surface area (Å²) in [6, 6.07) is 0. The predicted molar refractivity (Wildman–Crippen MR) is 43.8 cm³/mol. The van der Waals surface area contributed by atoms with Crippen LogP contribution in [0.25, 0.3) is 0 Å². The highest BCUT2D eigenvalue weighted by Crippen LogP contribution is 2.07. The Labute approximate surface area is 69.6 Å². The Hall–Kier alpha value is -1.15. The molecule has 1 aliphatic heterocycles. The summed E-state index contributed by atoms with van der Waals surface area (Å²) in [5.74, 6) is -0.284. The van der Waals surface area contributed by atoms with Gasteiger partial charge in [-0.2, -0.15) is 5.10 Å². The van der Waals surface area contributed by atoms with Gasteiger partial charge in [0, 0.05) is 6.42 Å². The van der Waals surface area contributed by atoms with Crippen molar-refractivity contribution in [3.63, 3.8) is 0 Å². The number of nitrogens with zero attached hydrogens (tertiary/aromatic N) is 2. The molecule has 0 aliphatic carbocycles. The molecule has 1 aliphatic rings. The molecule has 0 unspecified atom stereocenters. The minimum atomic E-state index is -3.71. The standard InChI is InChI=1S/C4H9N5O2S/c5-4(6)9-2-1-3(8-9)12(7,10)11/h1-2H2,(H3,5,6)(H2,7,10,11). The van der Waals surface area contributed by atoms with Crippen LogP contribution < -0.4 is 10.9 Å². The van der Waals surface area contributed by atoms with Gasteiger partial charge >= 0.3 is 0 Å². The van der Waals surface area contributed by atoms with Crippen molar-refractivity contribution >= 4 is 21.0 Å². The summed E-state index contributed by atoms with van der Waals surface area (Å²) in [6.45, 7) is 0.293. The van der Waals surface area contributed by atoms with Gasteiger partial charge in [-0.3, -0.25) is 5.41 Å². The second kappa shape index (κ2) is 2.72. The number of hydrazone groups is 1. The van der Waals surface area contributed by atoms with Gasteiger partial charge in [-0.25, -0.2) is 18.6 Å². The molecule has 0 aromatic carbocycles. The van der Waals surface area contributed by atoms with Crippen molar-refractivity contribution < 1.29 is 8.42 Å². The van der Waals surface area contributed by atoms with Crippen LogP contribution in [0.2, 0.25) is 0 Å². The van der Waals surface area contributed by atoms with E-state index < -0.39 is 10.0 Å². The van der Waals surface area contributed by atoms with Crippen LogP contribution in [0.3, 0.4) is 0 Å². The first-order valence-corrected chi connectivity index (χ1v) is 4.68. The Kier molecular flexibility index (Phi) is 2.02. The maximum atomic E-state index is 10.7. The van der Waals surface area contributed by atoms with E-state index >= 15 is 0 Å². The maximum absolute atomic E-state index is 10.7. The van der Waals surface area contributed by atoms with Gasteiger partial charge in [-0.1, -0.05) is 0 Å².